The average molecular weight is 422 g/mol. The van der Waals surface area contributed by atoms with E-state index in [4.69, 9.17) is 4.74 Å². The van der Waals surface area contributed by atoms with Crippen molar-refractivity contribution in [3.05, 3.63) is 53.1 Å². The van der Waals surface area contributed by atoms with Crippen molar-refractivity contribution in [1.82, 2.24) is 4.90 Å². The van der Waals surface area contributed by atoms with Crippen molar-refractivity contribution >= 4 is 22.2 Å². The van der Waals surface area contributed by atoms with Gasteiger partial charge in [-0.25, -0.2) is 13.2 Å². The summed E-state index contributed by atoms with van der Waals surface area (Å²) in [5.41, 5.74) is 1.06. The third-order valence-electron chi connectivity index (χ3n) is 4.71. The van der Waals surface area contributed by atoms with Gasteiger partial charge in [0.05, 0.1) is 12.2 Å². The average Bonchev–Trinajstić information content (AvgIpc) is 2.73. The molecule has 0 saturated heterocycles. The molecule has 1 rings (SSSR count). The Morgan fingerprint density at radius 2 is 1.55 bits per heavy atom. The molecule has 0 aliphatic carbocycles. The molecule has 29 heavy (non-hydrogen) atoms. The lowest BCUT2D eigenvalue weighted by Crippen LogP contribution is -2.23. The first-order valence-corrected chi connectivity index (χ1v) is 11.8. The SMILES string of the molecule is CCCCCCCCOC(=O)C(=CC=C(N(CC)CC)[SH](=O)=O)c1ccccc1. The Balaban J connectivity index is 2.93. The number of carbonyl (C=O) groups excluding carboxylic acids is 1. The smallest absolute Gasteiger partial charge is 0.338 e. The zero-order valence-electron chi connectivity index (χ0n) is 17.9. The molecule has 0 radical (unpaired) electrons. The highest BCUT2D eigenvalue weighted by molar-refractivity contribution is 7.76. The third kappa shape index (κ3) is 9.31. The minimum absolute atomic E-state index is 0.196. The van der Waals surface area contributed by atoms with Crippen LogP contribution >= 0.6 is 0 Å². The molecular formula is C23H35NO4S. The zero-order valence-corrected chi connectivity index (χ0v) is 18.8. The number of unbranched alkanes of at least 4 members (excludes halogenated alkanes) is 5. The fraction of sp³-hybridized carbons (Fsp3) is 0.522. The van der Waals surface area contributed by atoms with Crippen molar-refractivity contribution in [2.24, 2.45) is 0 Å². The molecule has 0 fully saturated rings. The molecule has 162 valence electrons. The van der Waals surface area contributed by atoms with E-state index in [-0.39, 0.29) is 5.03 Å². The van der Waals surface area contributed by atoms with Gasteiger partial charge in [-0.15, -0.1) is 0 Å². The molecule has 0 saturated carbocycles. The Bertz CT molecular complexity index is 727. The van der Waals surface area contributed by atoms with E-state index in [1.807, 2.05) is 44.2 Å². The topological polar surface area (TPSA) is 63.7 Å². The quantitative estimate of drug-likeness (QED) is 0.154. The zero-order chi connectivity index (χ0) is 21.5. The van der Waals surface area contributed by atoms with Crippen LogP contribution in [0.4, 0.5) is 0 Å². The minimum Gasteiger partial charge on any atom is -0.462 e. The molecule has 0 bridgehead atoms. The second kappa shape index (κ2) is 14.9. The molecule has 0 unspecified atom stereocenters. The van der Waals surface area contributed by atoms with Crippen LogP contribution in [-0.2, 0) is 20.2 Å². The van der Waals surface area contributed by atoms with Gasteiger partial charge in [-0.05, 0) is 38.0 Å². The number of esters is 1. The van der Waals surface area contributed by atoms with Crippen LogP contribution in [0.3, 0.4) is 0 Å². The summed E-state index contributed by atoms with van der Waals surface area (Å²) in [5, 5.41) is 0.196. The van der Waals surface area contributed by atoms with Gasteiger partial charge >= 0.3 is 5.97 Å². The molecule has 0 aliphatic rings. The number of rotatable bonds is 14. The molecule has 0 amide bonds. The van der Waals surface area contributed by atoms with Crippen molar-refractivity contribution in [2.45, 2.75) is 59.3 Å². The fourth-order valence-electron chi connectivity index (χ4n) is 3.01. The highest BCUT2D eigenvalue weighted by Crippen LogP contribution is 2.18. The van der Waals surface area contributed by atoms with Crippen LogP contribution in [-0.4, -0.2) is 39.0 Å². The van der Waals surface area contributed by atoms with Crippen LogP contribution in [0, 0.1) is 0 Å². The fourth-order valence-corrected chi connectivity index (χ4v) is 3.72. The van der Waals surface area contributed by atoms with Crippen molar-refractivity contribution in [3.63, 3.8) is 0 Å². The van der Waals surface area contributed by atoms with Gasteiger partial charge in [0.2, 0.25) is 0 Å². The van der Waals surface area contributed by atoms with Crippen molar-refractivity contribution < 1.29 is 17.9 Å². The van der Waals surface area contributed by atoms with Crippen molar-refractivity contribution in [1.29, 1.82) is 0 Å². The summed E-state index contributed by atoms with van der Waals surface area (Å²) in [6.07, 6.45) is 9.74. The maximum atomic E-state index is 12.7. The lowest BCUT2D eigenvalue weighted by molar-refractivity contribution is -0.136. The maximum Gasteiger partial charge on any atom is 0.338 e. The van der Waals surface area contributed by atoms with Crippen LogP contribution < -0.4 is 0 Å². The first kappa shape index (κ1) is 25.0. The summed E-state index contributed by atoms with van der Waals surface area (Å²) in [7, 11) is -2.76. The monoisotopic (exact) mass is 421 g/mol. The van der Waals surface area contributed by atoms with Gasteiger partial charge in [-0.2, -0.15) is 0 Å². The van der Waals surface area contributed by atoms with E-state index in [0.29, 0.717) is 30.8 Å². The third-order valence-corrected chi connectivity index (χ3v) is 5.52. The molecule has 1 aromatic rings. The molecular weight excluding hydrogens is 386 g/mol. The summed E-state index contributed by atoms with van der Waals surface area (Å²) in [6.45, 7) is 7.49. The number of hydrogen-bond donors (Lipinski definition) is 1. The van der Waals surface area contributed by atoms with Gasteiger partial charge in [0.1, 0.15) is 5.03 Å². The Morgan fingerprint density at radius 3 is 2.14 bits per heavy atom. The highest BCUT2D eigenvalue weighted by Gasteiger charge is 2.14. The van der Waals surface area contributed by atoms with Gasteiger partial charge in [0.15, 0.2) is 10.7 Å². The molecule has 1 aromatic carbocycles. The maximum absolute atomic E-state index is 12.7. The van der Waals surface area contributed by atoms with Gasteiger partial charge in [-0.3, -0.25) is 0 Å². The number of hydrogen-bond acceptors (Lipinski definition) is 5. The Labute approximate surface area is 177 Å². The lowest BCUT2D eigenvalue weighted by atomic mass is 10.1. The van der Waals surface area contributed by atoms with Crippen LogP contribution in [0.2, 0.25) is 0 Å². The predicted octanol–water partition coefficient (Wildman–Crippen LogP) is 4.77. The van der Waals surface area contributed by atoms with E-state index in [2.05, 4.69) is 6.92 Å². The summed E-state index contributed by atoms with van der Waals surface area (Å²) in [4.78, 5) is 14.4. The van der Waals surface area contributed by atoms with E-state index in [1.165, 1.54) is 25.3 Å². The molecule has 5 nitrogen and oxygen atoms in total. The molecule has 0 spiro atoms. The highest BCUT2D eigenvalue weighted by atomic mass is 32.2. The van der Waals surface area contributed by atoms with Crippen LogP contribution in [0.25, 0.3) is 5.57 Å². The number of allylic oxidation sites excluding steroid dienone is 2. The summed E-state index contributed by atoms with van der Waals surface area (Å²) >= 11 is 0. The normalized spacial score (nSPS) is 12.3. The number of thiol groups is 1. The minimum atomic E-state index is -2.76. The first-order valence-electron chi connectivity index (χ1n) is 10.6. The second-order valence-corrected chi connectivity index (χ2v) is 7.78. The van der Waals surface area contributed by atoms with E-state index in [0.717, 1.165) is 19.3 Å². The largest absolute Gasteiger partial charge is 0.462 e. The summed E-state index contributed by atoms with van der Waals surface area (Å²) in [5.74, 6) is -0.430. The number of nitrogens with zero attached hydrogens (tertiary/aromatic N) is 1. The summed E-state index contributed by atoms with van der Waals surface area (Å²) < 4.78 is 28.8. The standard InChI is InChI=1S/C23H35NO4S/c1-4-7-8-9-10-14-19-28-23(25)21(20-15-12-11-13-16-20)17-18-22(29(26)27)24(5-2)6-3/h11-13,15-18,29H,4-10,14,19H2,1-3H3. The molecule has 6 heteroatoms. The first-order chi connectivity index (χ1) is 14.0. The van der Waals surface area contributed by atoms with Crippen LogP contribution in [0.5, 0.6) is 0 Å². The number of benzene rings is 1. The molecule has 0 aliphatic heterocycles. The van der Waals surface area contributed by atoms with Gasteiger partial charge in [-0.1, -0.05) is 69.4 Å². The Morgan fingerprint density at radius 1 is 0.931 bits per heavy atom. The number of ether oxygens (including phenoxy) is 1. The molecule has 0 heterocycles. The van der Waals surface area contributed by atoms with Gasteiger partial charge in [0.25, 0.3) is 0 Å². The van der Waals surface area contributed by atoms with Gasteiger partial charge < -0.3 is 9.64 Å². The Kier molecular flexibility index (Phi) is 12.8. The predicted molar refractivity (Wildman–Crippen MR) is 120 cm³/mol. The second-order valence-electron chi connectivity index (χ2n) is 6.80. The van der Waals surface area contributed by atoms with Crippen molar-refractivity contribution in [2.75, 3.05) is 19.7 Å². The van der Waals surface area contributed by atoms with Crippen LogP contribution in [0.15, 0.2) is 47.5 Å². The Hall–Kier alpha value is -2.08. The van der Waals surface area contributed by atoms with Crippen molar-refractivity contribution in [3.8, 4) is 0 Å². The van der Waals surface area contributed by atoms with Crippen LogP contribution in [0.1, 0.15) is 64.9 Å². The van der Waals surface area contributed by atoms with E-state index >= 15 is 0 Å². The molecule has 0 atom stereocenters. The van der Waals surface area contributed by atoms with E-state index < -0.39 is 16.7 Å². The number of carbonyl (C=O) groups is 1. The lowest BCUT2D eigenvalue weighted by Gasteiger charge is -2.19. The van der Waals surface area contributed by atoms with E-state index in [9.17, 15) is 13.2 Å². The molecule has 0 N–H and O–H groups in total. The van der Waals surface area contributed by atoms with Gasteiger partial charge in [0, 0.05) is 13.1 Å². The molecule has 0 aromatic heterocycles. The van der Waals surface area contributed by atoms with E-state index in [1.54, 1.807) is 11.0 Å². The summed E-state index contributed by atoms with van der Waals surface area (Å²) in [6, 6.07) is 9.19.